The second-order valence-electron chi connectivity index (χ2n) is 9.48. The molecule has 0 radical (unpaired) electrons. The van der Waals surface area contributed by atoms with Crippen molar-refractivity contribution < 1.29 is 17.6 Å². The number of hydrogen-bond donors (Lipinski definition) is 2. The number of amides is 1. The van der Waals surface area contributed by atoms with Crippen molar-refractivity contribution in [2.75, 3.05) is 11.0 Å². The van der Waals surface area contributed by atoms with Crippen LogP contribution in [-0.4, -0.2) is 61.7 Å². The molecule has 0 bridgehead atoms. The number of nitrogens with one attached hydrogen (secondary N) is 2. The van der Waals surface area contributed by atoms with Gasteiger partial charge in [0, 0.05) is 23.2 Å². The Morgan fingerprint density at radius 2 is 2.00 bits per heavy atom. The number of hydrogen-bond acceptors (Lipinski definition) is 7. The van der Waals surface area contributed by atoms with Crippen LogP contribution in [0.15, 0.2) is 55.0 Å². The summed E-state index contributed by atoms with van der Waals surface area (Å²) in [5.74, 6) is -0.304. The molecule has 39 heavy (non-hydrogen) atoms. The lowest BCUT2D eigenvalue weighted by molar-refractivity contribution is -0.129. The fourth-order valence-electron chi connectivity index (χ4n) is 5.35. The van der Waals surface area contributed by atoms with Crippen molar-refractivity contribution in [3.8, 4) is 16.9 Å². The summed E-state index contributed by atoms with van der Waals surface area (Å²) in [4.78, 5) is 23.0. The molecule has 4 aromatic rings. The molecule has 0 saturated carbocycles. The SMILES string of the molecule is CS(=O)(=O)Nc1ccccc1-c1cnc([C@@H]2CCC3CC(c4c(-n5cnnn5)ccc(Cl)c4F)=CC(=O)N32)[nH]1. The molecule has 4 heterocycles. The van der Waals surface area contributed by atoms with Crippen LogP contribution in [0.5, 0.6) is 0 Å². The van der Waals surface area contributed by atoms with E-state index < -0.39 is 15.8 Å². The molecule has 2 aliphatic rings. The Morgan fingerprint density at radius 1 is 1.18 bits per heavy atom. The van der Waals surface area contributed by atoms with Crippen LogP contribution < -0.4 is 4.72 Å². The zero-order valence-electron chi connectivity index (χ0n) is 20.5. The highest BCUT2D eigenvalue weighted by Crippen LogP contribution is 2.44. The first-order chi connectivity index (χ1) is 18.7. The number of nitrogens with zero attached hydrogens (tertiary/aromatic N) is 6. The molecule has 2 N–H and O–H groups in total. The molecular formula is C25H22ClFN8O3S. The smallest absolute Gasteiger partial charge is 0.247 e. The van der Waals surface area contributed by atoms with E-state index in [1.807, 2.05) is 0 Å². The van der Waals surface area contributed by atoms with Crippen LogP contribution >= 0.6 is 11.6 Å². The number of benzene rings is 2. The molecule has 1 fully saturated rings. The van der Waals surface area contributed by atoms with E-state index in [1.54, 1.807) is 41.4 Å². The molecular weight excluding hydrogens is 547 g/mol. The van der Waals surface area contributed by atoms with Crippen molar-refractivity contribution in [1.29, 1.82) is 0 Å². The Hall–Kier alpha value is -4.10. The zero-order chi connectivity index (χ0) is 27.3. The van der Waals surface area contributed by atoms with Crippen molar-refractivity contribution in [3.05, 3.63) is 77.2 Å². The standard InChI is InChI=1S/C25H22ClFN8O3S/c1-39(37,38)31-18-5-3-2-4-16(18)19-12-28-25(30-19)21-8-6-15-10-14(11-22(36)35(15)21)23-20(34-13-29-32-33-34)9-7-17(26)24(23)27/h2-5,7,9,11-13,15,21,31H,6,8,10H2,1H3,(H,28,30)/t15?,21-/m0/s1. The summed E-state index contributed by atoms with van der Waals surface area (Å²) in [7, 11) is -3.48. The van der Waals surface area contributed by atoms with Crippen LogP contribution in [0.2, 0.25) is 5.02 Å². The molecule has 0 aliphatic carbocycles. The Labute approximate surface area is 227 Å². The molecule has 1 amide bonds. The predicted molar refractivity (Wildman–Crippen MR) is 142 cm³/mol. The number of sulfonamides is 1. The number of anilines is 1. The monoisotopic (exact) mass is 568 g/mol. The second kappa shape index (κ2) is 9.58. The molecule has 14 heteroatoms. The topological polar surface area (TPSA) is 139 Å². The quantitative estimate of drug-likeness (QED) is 0.361. The number of rotatable bonds is 6. The van der Waals surface area contributed by atoms with Gasteiger partial charge in [-0.15, -0.1) is 5.10 Å². The number of halogens is 2. The highest BCUT2D eigenvalue weighted by molar-refractivity contribution is 7.92. The maximum Gasteiger partial charge on any atom is 0.247 e. The minimum absolute atomic E-state index is 0.0596. The average Bonchev–Trinajstić information content (AvgIpc) is 3.66. The number of fused-ring (bicyclic) bond motifs is 1. The summed E-state index contributed by atoms with van der Waals surface area (Å²) in [5, 5.41) is 11.1. The van der Waals surface area contributed by atoms with Gasteiger partial charge in [0.15, 0.2) is 5.82 Å². The minimum Gasteiger partial charge on any atom is -0.340 e. The number of tetrazole rings is 1. The lowest BCUT2D eigenvalue weighted by Gasteiger charge is -2.33. The van der Waals surface area contributed by atoms with Gasteiger partial charge in [-0.25, -0.2) is 17.8 Å². The highest BCUT2D eigenvalue weighted by Gasteiger charge is 2.42. The van der Waals surface area contributed by atoms with E-state index in [2.05, 4.69) is 30.2 Å². The van der Waals surface area contributed by atoms with Gasteiger partial charge in [0.05, 0.1) is 40.6 Å². The van der Waals surface area contributed by atoms with Gasteiger partial charge in [-0.3, -0.25) is 9.52 Å². The van der Waals surface area contributed by atoms with Gasteiger partial charge in [-0.2, -0.15) is 4.68 Å². The summed E-state index contributed by atoms with van der Waals surface area (Å²) in [6, 6.07) is 9.55. The Kier molecular flexibility index (Phi) is 6.19. The number of para-hydroxylation sites is 1. The van der Waals surface area contributed by atoms with Gasteiger partial charge >= 0.3 is 0 Å². The first kappa shape index (κ1) is 25.2. The summed E-state index contributed by atoms with van der Waals surface area (Å²) in [6.45, 7) is 0. The van der Waals surface area contributed by atoms with Crippen LogP contribution in [0.1, 0.15) is 36.7 Å². The number of carbonyl (C=O) groups is 1. The minimum atomic E-state index is -3.48. The average molecular weight is 569 g/mol. The van der Waals surface area contributed by atoms with Crippen molar-refractivity contribution in [1.82, 2.24) is 35.1 Å². The molecule has 11 nitrogen and oxygen atoms in total. The van der Waals surface area contributed by atoms with E-state index in [4.69, 9.17) is 11.6 Å². The Bertz CT molecular complexity index is 1720. The van der Waals surface area contributed by atoms with Gasteiger partial charge in [0.2, 0.25) is 15.9 Å². The maximum absolute atomic E-state index is 15.3. The summed E-state index contributed by atoms with van der Waals surface area (Å²) in [6.07, 6.45) is 7.28. The van der Waals surface area contributed by atoms with Crippen LogP contribution in [-0.2, 0) is 14.8 Å². The summed E-state index contributed by atoms with van der Waals surface area (Å²) in [5.41, 5.74) is 2.78. The second-order valence-corrected chi connectivity index (χ2v) is 11.6. The normalized spacial score (nSPS) is 19.2. The van der Waals surface area contributed by atoms with E-state index >= 15 is 4.39 Å². The zero-order valence-corrected chi connectivity index (χ0v) is 22.1. The number of H-pyrrole nitrogens is 1. The van der Waals surface area contributed by atoms with Crippen molar-refractivity contribution in [2.24, 2.45) is 0 Å². The third-order valence-corrected chi connectivity index (χ3v) is 7.81. The largest absolute Gasteiger partial charge is 0.340 e. The van der Waals surface area contributed by atoms with E-state index in [9.17, 15) is 13.2 Å². The Balaban J connectivity index is 1.31. The molecule has 6 rings (SSSR count). The lowest BCUT2D eigenvalue weighted by Crippen LogP contribution is -2.39. The van der Waals surface area contributed by atoms with E-state index in [0.717, 1.165) is 6.26 Å². The first-order valence-electron chi connectivity index (χ1n) is 12.1. The predicted octanol–water partition coefficient (Wildman–Crippen LogP) is 3.74. The maximum atomic E-state index is 15.3. The summed E-state index contributed by atoms with van der Waals surface area (Å²) >= 11 is 6.11. The number of carbonyl (C=O) groups excluding carboxylic acids is 1. The molecule has 2 aromatic heterocycles. The molecule has 2 aromatic carbocycles. The van der Waals surface area contributed by atoms with E-state index in [-0.39, 0.29) is 28.6 Å². The summed E-state index contributed by atoms with van der Waals surface area (Å²) < 4.78 is 42.8. The number of aromatic nitrogens is 6. The fourth-order valence-corrected chi connectivity index (χ4v) is 6.09. The van der Waals surface area contributed by atoms with E-state index in [1.165, 1.54) is 23.2 Å². The van der Waals surface area contributed by atoms with Crippen LogP contribution in [0.3, 0.4) is 0 Å². The van der Waals surface area contributed by atoms with Crippen LogP contribution in [0, 0.1) is 5.82 Å². The lowest BCUT2D eigenvalue weighted by atomic mass is 9.92. The molecule has 1 unspecified atom stereocenters. The highest BCUT2D eigenvalue weighted by atomic mass is 35.5. The van der Waals surface area contributed by atoms with Crippen LogP contribution in [0.25, 0.3) is 22.5 Å². The fraction of sp³-hybridized carbons (Fsp3) is 0.240. The van der Waals surface area contributed by atoms with Gasteiger partial charge < -0.3 is 9.88 Å². The van der Waals surface area contributed by atoms with Crippen molar-refractivity contribution in [3.63, 3.8) is 0 Å². The van der Waals surface area contributed by atoms with E-state index in [0.29, 0.717) is 53.3 Å². The van der Waals surface area contributed by atoms with Gasteiger partial charge in [-0.1, -0.05) is 29.8 Å². The Morgan fingerprint density at radius 3 is 2.77 bits per heavy atom. The van der Waals surface area contributed by atoms with Gasteiger partial charge in [-0.05, 0) is 53.5 Å². The van der Waals surface area contributed by atoms with Crippen LogP contribution in [0.4, 0.5) is 10.1 Å². The van der Waals surface area contributed by atoms with Gasteiger partial charge in [0.1, 0.15) is 12.2 Å². The number of aromatic amines is 1. The third-order valence-electron chi connectivity index (χ3n) is 6.92. The third kappa shape index (κ3) is 4.68. The van der Waals surface area contributed by atoms with Gasteiger partial charge in [0.25, 0.3) is 0 Å². The molecule has 2 aliphatic heterocycles. The molecule has 1 saturated heterocycles. The molecule has 0 spiro atoms. The van der Waals surface area contributed by atoms with Crippen molar-refractivity contribution >= 4 is 38.8 Å². The van der Waals surface area contributed by atoms with Crippen molar-refractivity contribution in [2.45, 2.75) is 31.3 Å². The number of imidazole rings is 1. The molecule has 2 atom stereocenters. The molecule has 200 valence electrons. The first-order valence-corrected chi connectivity index (χ1v) is 14.3.